The normalized spacial score (nSPS) is 39.7. The number of rotatable bonds is 5. The number of aliphatic hydroxyl groups is 1. The maximum absolute atomic E-state index is 12.4. The number of aliphatic hydroxyl groups excluding tert-OH is 1. The molecule has 1 amide bonds. The number of ether oxygens (including phenoxy) is 1. The Bertz CT molecular complexity index is 471. The van der Waals surface area contributed by atoms with Crippen LogP contribution in [0.15, 0.2) is 0 Å². The van der Waals surface area contributed by atoms with E-state index in [2.05, 4.69) is 12.2 Å². The third-order valence-corrected chi connectivity index (χ3v) is 6.10. The first-order chi connectivity index (χ1) is 10.5. The number of hydrogen-bond acceptors (Lipinski definition) is 4. The highest BCUT2D eigenvalue weighted by Gasteiger charge is 2.79. The Morgan fingerprint density at radius 2 is 2.00 bits per heavy atom. The van der Waals surface area contributed by atoms with Crippen LogP contribution in [0.25, 0.3) is 0 Å². The van der Waals surface area contributed by atoms with Crippen LogP contribution in [0.5, 0.6) is 0 Å². The maximum atomic E-state index is 12.4. The summed E-state index contributed by atoms with van der Waals surface area (Å²) < 4.78 is 5.46. The number of esters is 1. The van der Waals surface area contributed by atoms with E-state index in [1.54, 1.807) is 0 Å². The van der Waals surface area contributed by atoms with Crippen molar-refractivity contribution in [2.45, 2.75) is 82.5 Å². The average Bonchev–Trinajstić information content (AvgIpc) is 2.69. The second-order valence-electron chi connectivity index (χ2n) is 7.33. The highest BCUT2D eigenvalue weighted by Crippen LogP contribution is 2.54. The summed E-state index contributed by atoms with van der Waals surface area (Å²) in [6.45, 7) is 3.89. The Morgan fingerprint density at radius 3 is 2.59 bits per heavy atom. The van der Waals surface area contributed by atoms with Gasteiger partial charge >= 0.3 is 5.97 Å². The fourth-order valence-electron chi connectivity index (χ4n) is 4.67. The molecule has 3 rings (SSSR count). The summed E-state index contributed by atoms with van der Waals surface area (Å²) in [4.78, 5) is 24.7. The van der Waals surface area contributed by atoms with Gasteiger partial charge in [0.05, 0.1) is 12.0 Å². The zero-order valence-corrected chi connectivity index (χ0v) is 13.6. The van der Waals surface area contributed by atoms with Crippen LogP contribution in [0.2, 0.25) is 0 Å². The monoisotopic (exact) mass is 309 g/mol. The van der Waals surface area contributed by atoms with Crippen molar-refractivity contribution in [3.8, 4) is 0 Å². The van der Waals surface area contributed by atoms with Gasteiger partial charge in [-0.1, -0.05) is 39.0 Å². The van der Waals surface area contributed by atoms with Gasteiger partial charge in [0.15, 0.2) is 5.60 Å². The van der Waals surface area contributed by atoms with E-state index < -0.39 is 23.2 Å². The van der Waals surface area contributed by atoms with Gasteiger partial charge in [-0.3, -0.25) is 4.79 Å². The van der Waals surface area contributed by atoms with Gasteiger partial charge in [0.25, 0.3) is 0 Å². The third kappa shape index (κ3) is 1.94. The summed E-state index contributed by atoms with van der Waals surface area (Å²) in [5.74, 6) is -0.869. The molecule has 0 radical (unpaired) electrons. The largest absolute Gasteiger partial charge is 0.453 e. The molecule has 2 N–H and O–H groups in total. The molecule has 2 heterocycles. The van der Waals surface area contributed by atoms with E-state index in [9.17, 15) is 14.7 Å². The van der Waals surface area contributed by atoms with Crippen molar-refractivity contribution in [2.24, 2.45) is 11.8 Å². The highest BCUT2D eigenvalue weighted by molar-refractivity contribution is 6.01. The Kier molecular flexibility index (Phi) is 3.96. The molecule has 1 saturated carbocycles. The van der Waals surface area contributed by atoms with E-state index in [0.29, 0.717) is 6.42 Å². The number of carbonyl (C=O) groups is 2. The van der Waals surface area contributed by atoms with E-state index in [0.717, 1.165) is 38.5 Å². The highest BCUT2D eigenvalue weighted by atomic mass is 16.6. The summed E-state index contributed by atoms with van der Waals surface area (Å²) in [6, 6.07) is 0. The SMILES string of the molecule is CCCC[C@H]1C(=O)N[C@@]2([C@H](O)C3CCCCC3)C(=O)O[C@@]12C. The molecule has 3 aliphatic rings. The molecule has 5 heteroatoms. The molecule has 5 nitrogen and oxygen atoms in total. The van der Waals surface area contributed by atoms with Crippen molar-refractivity contribution in [3.05, 3.63) is 0 Å². The minimum absolute atomic E-state index is 0.0751. The van der Waals surface area contributed by atoms with Gasteiger partial charge in [-0.2, -0.15) is 0 Å². The lowest BCUT2D eigenvalue weighted by atomic mass is 9.63. The first-order valence-corrected chi connectivity index (χ1v) is 8.71. The number of amides is 1. The molecule has 0 aromatic carbocycles. The van der Waals surface area contributed by atoms with Gasteiger partial charge < -0.3 is 15.2 Å². The molecule has 1 aliphatic carbocycles. The average molecular weight is 309 g/mol. The molecule has 0 unspecified atom stereocenters. The molecule has 124 valence electrons. The van der Waals surface area contributed by atoms with Crippen molar-refractivity contribution >= 4 is 11.9 Å². The second kappa shape index (κ2) is 5.52. The summed E-state index contributed by atoms with van der Waals surface area (Å²) in [5.41, 5.74) is -2.11. The van der Waals surface area contributed by atoms with Crippen LogP contribution in [-0.4, -0.2) is 34.2 Å². The van der Waals surface area contributed by atoms with Crippen molar-refractivity contribution in [1.29, 1.82) is 0 Å². The standard InChI is InChI=1S/C17H27NO4/c1-3-4-10-12-14(20)18-17(15(21)22-16(12,17)2)13(19)11-8-6-5-7-9-11/h11-13,19H,3-10H2,1-2H3,(H,18,20)/t12-,13+,16-,17-/m0/s1. The Labute approximate surface area is 131 Å². The third-order valence-electron chi connectivity index (χ3n) is 6.10. The quantitative estimate of drug-likeness (QED) is 0.761. The molecule has 2 aliphatic heterocycles. The van der Waals surface area contributed by atoms with Gasteiger partial charge in [0, 0.05) is 0 Å². The smallest absolute Gasteiger partial charge is 0.339 e. The van der Waals surface area contributed by atoms with Gasteiger partial charge in [0.2, 0.25) is 11.4 Å². The predicted octanol–water partition coefficient (Wildman–Crippen LogP) is 1.92. The van der Waals surface area contributed by atoms with Crippen LogP contribution in [0.3, 0.4) is 0 Å². The Balaban J connectivity index is 1.86. The van der Waals surface area contributed by atoms with Crippen LogP contribution in [0, 0.1) is 11.8 Å². The van der Waals surface area contributed by atoms with Crippen molar-refractivity contribution in [3.63, 3.8) is 0 Å². The minimum atomic E-state index is -1.22. The van der Waals surface area contributed by atoms with Crippen LogP contribution < -0.4 is 5.32 Å². The van der Waals surface area contributed by atoms with Crippen LogP contribution in [-0.2, 0) is 14.3 Å². The number of carbonyl (C=O) groups excluding carboxylic acids is 2. The van der Waals surface area contributed by atoms with Gasteiger partial charge in [0.1, 0.15) is 0 Å². The lowest BCUT2D eigenvalue weighted by Gasteiger charge is -2.55. The van der Waals surface area contributed by atoms with Gasteiger partial charge in [-0.25, -0.2) is 4.79 Å². The number of fused-ring (bicyclic) bond motifs is 1. The molecular weight excluding hydrogens is 282 g/mol. The predicted molar refractivity (Wildman–Crippen MR) is 81.0 cm³/mol. The zero-order chi connectivity index (χ0) is 16.0. The maximum Gasteiger partial charge on any atom is 0.339 e. The molecular formula is C17H27NO4. The summed E-state index contributed by atoms with van der Waals surface area (Å²) in [7, 11) is 0. The molecule has 0 aromatic rings. The Morgan fingerprint density at radius 1 is 1.32 bits per heavy atom. The zero-order valence-electron chi connectivity index (χ0n) is 13.6. The van der Waals surface area contributed by atoms with Gasteiger partial charge in [-0.15, -0.1) is 0 Å². The molecule has 0 bridgehead atoms. The molecule has 0 spiro atoms. The van der Waals surface area contributed by atoms with E-state index in [1.807, 2.05) is 6.92 Å². The molecule has 0 aromatic heterocycles. The molecule has 22 heavy (non-hydrogen) atoms. The fraction of sp³-hybridized carbons (Fsp3) is 0.882. The van der Waals surface area contributed by atoms with Crippen molar-refractivity contribution < 1.29 is 19.4 Å². The summed E-state index contributed by atoms with van der Waals surface area (Å²) in [6.07, 6.45) is 6.95. The minimum Gasteiger partial charge on any atom is -0.453 e. The first-order valence-electron chi connectivity index (χ1n) is 8.71. The van der Waals surface area contributed by atoms with E-state index in [-0.39, 0.29) is 17.7 Å². The van der Waals surface area contributed by atoms with Crippen LogP contribution in [0.1, 0.15) is 65.2 Å². The first kappa shape index (κ1) is 15.8. The number of unbranched alkanes of at least 4 members (excludes halogenated alkanes) is 1. The number of hydrogen-bond donors (Lipinski definition) is 2. The second-order valence-corrected chi connectivity index (χ2v) is 7.33. The topological polar surface area (TPSA) is 75.6 Å². The van der Waals surface area contributed by atoms with Gasteiger partial charge in [-0.05, 0) is 32.1 Å². The van der Waals surface area contributed by atoms with E-state index in [4.69, 9.17) is 4.74 Å². The summed E-state index contributed by atoms with van der Waals surface area (Å²) >= 11 is 0. The van der Waals surface area contributed by atoms with Crippen LogP contribution in [0.4, 0.5) is 0 Å². The molecule has 3 fully saturated rings. The lowest BCUT2D eigenvalue weighted by molar-refractivity contribution is -0.240. The summed E-state index contributed by atoms with van der Waals surface area (Å²) in [5, 5.41) is 13.8. The van der Waals surface area contributed by atoms with Crippen molar-refractivity contribution in [1.82, 2.24) is 5.32 Å². The molecule has 2 saturated heterocycles. The number of nitrogens with one attached hydrogen (secondary N) is 1. The fourth-order valence-corrected chi connectivity index (χ4v) is 4.67. The molecule has 4 atom stereocenters. The van der Waals surface area contributed by atoms with E-state index >= 15 is 0 Å². The van der Waals surface area contributed by atoms with Crippen molar-refractivity contribution in [2.75, 3.05) is 0 Å². The van der Waals surface area contributed by atoms with Crippen LogP contribution >= 0.6 is 0 Å². The lowest BCUT2D eigenvalue weighted by Crippen LogP contribution is -2.80. The van der Waals surface area contributed by atoms with E-state index in [1.165, 1.54) is 6.42 Å². The Hall–Kier alpha value is -1.10.